The Morgan fingerprint density at radius 2 is 2.04 bits per heavy atom. The van der Waals surface area contributed by atoms with Gasteiger partial charge in [0.25, 0.3) is 0 Å². The zero-order valence-electron chi connectivity index (χ0n) is 12.8. The quantitative estimate of drug-likeness (QED) is 0.812. The highest BCUT2D eigenvalue weighted by atomic mass is 79.9. The maximum atomic E-state index is 12.0. The van der Waals surface area contributed by atoms with Crippen molar-refractivity contribution in [3.63, 3.8) is 0 Å². The first-order chi connectivity index (χ1) is 11.1. The highest BCUT2D eigenvalue weighted by molar-refractivity contribution is 9.10. The smallest absolute Gasteiger partial charge is 0.411 e. The van der Waals surface area contributed by atoms with Crippen molar-refractivity contribution in [2.24, 2.45) is 0 Å². The molecule has 4 nitrogen and oxygen atoms in total. The molecule has 1 amide bonds. The molecule has 0 saturated carbocycles. The van der Waals surface area contributed by atoms with E-state index in [0.29, 0.717) is 17.7 Å². The van der Waals surface area contributed by atoms with Crippen molar-refractivity contribution in [3.05, 3.63) is 64.1 Å². The number of nitriles is 1. The molecule has 0 heterocycles. The van der Waals surface area contributed by atoms with Crippen molar-refractivity contribution in [1.29, 1.82) is 5.26 Å². The van der Waals surface area contributed by atoms with Crippen LogP contribution in [0.25, 0.3) is 0 Å². The summed E-state index contributed by atoms with van der Waals surface area (Å²) in [5.41, 5.74) is 2.15. The van der Waals surface area contributed by atoms with E-state index >= 15 is 0 Å². The normalized spacial score (nSPS) is 11.3. The van der Waals surface area contributed by atoms with Gasteiger partial charge in [-0.05, 0) is 42.3 Å². The molecule has 5 heteroatoms. The molecule has 1 unspecified atom stereocenters. The van der Waals surface area contributed by atoms with Crippen LogP contribution >= 0.6 is 15.9 Å². The summed E-state index contributed by atoms with van der Waals surface area (Å²) in [4.78, 5) is 12.0. The summed E-state index contributed by atoms with van der Waals surface area (Å²) >= 11 is 3.40. The number of hydrogen-bond acceptors (Lipinski definition) is 3. The molecule has 2 aromatic carbocycles. The molecule has 0 aromatic heterocycles. The molecule has 0 aliphatic rings. The second-order valence-corrected chi connectivity index (χ2v) is 6.00. The van der Waals surface area contributed by atoms with Gasteiger partial charge in [-0.1, -0.05) is 41.1 Å². The minimum atomic E-state index is -0.510. The summed E-state index contributed by atoms with van der Waals surface area (Å²) in [6, 6.07) is 16.7. The molecule has 118 valence electrons. The first-order valence-electron chi connectivity index (χ1n) is 7.33. The SMILES string of the molecule is CCC(Cc1ccc(Br)cc1)OC(=O)Nc1cccc(C#N)c1. The number of halogens is 1. The Bertz CT molecular complexity index is 708. The highest BCUT2D eigenvalue weighted by Gasteiger charge is 2.13. The molecule has 2 rings (SSSR count). The Balaban J connectivity index is 1.94. The van der Waals surface area contributed by atoms with Gasteiger partial charge in [0.15, 0.2) is 0 Å². The van der Waals surface area contributed by atoms with Gasteiger partial charge in [0, 0.05) is 16.6 Å². The molecule has 0 fully saturated rings. The van der Waals surface area contributed by atoms with E-state index in [9.17, 15) is 4.79 Å². The molecule has 0 saturated heterocycles. The minimum absolute atomic E-state index is 0.199. The number of nitrogens with zero attached hydrogens (tertiary/aromatic N) is 1. The Morgan fingerprint density at radius 1 is 1.30 bits per heavy atom. The predicted octanol–water partition coefficient (Wildman–Crippen LogP) is 4.89. The lowest BCUT2D eigenvalue weighted by Gasteiger charge is -2.17. The molecule has 0 bridgehead atoms. The third-order valence-electron chi connectivity index (χ3n) is 3.34. The summed E-state index contributed by atoms with van der Waals surface area (Å²) in [5.74, 6) is 0. The van der Waals surface area contributed by atoms with Crippen LogP contribution in [0.2, 0.25) is 0 Å². The number of rotatable bonds is 5. The number of carbonyl (C=O) groups is 1. The zero-order valence-corrected chi connectivity index (χ0v) is 14.3. The number of anilines is 1. The van der Waals surface area contributed by atoms with Crippen molar-refractivity contribution >= 4 is 27.7 Å². The Hall–Kier alpha value is -2.32. The van der Waals surface area contributed by atoms with Gasteiger partial charge in [0.05, 0.1) is 11.6 Å². The lowest BCUT2D eigenvalue weighted by atomic mass is 10.1. The van der Waals surface area contributed by atoms with Gasteiger partial charge in [-0.3, -0.25) is 5.32 Å². The summed E-state index contributed by atoms with van der Waals surface area (Å²) in [6.45, 7) is 1.98. The van der Waals surface area contributed by atoms with E-state index in [1.807, 2.05) is 37.3 Å². The van der Waals surface area contributed by atoms with Crippen LogP contribution in [0, 0.1) is 11.3 Å². The van der Waals surface area contributed by atoms with E-state index in [-0.39, 0.29) is 6.10 Å². The van der Waals surface area contributed by atoms with E-state index < -0.39 is 6.09 Å². The van der Waals surface area contributed by atoms with E-state index in [0.717, 1.165) is 16.5 Å². The van der Waals surface area contributed by atoms with Crippen LogP contribution in [-0.2, 0) is 11.2 Å². The van der Waals surface area contributed by atoms with Crippen LogP contribution in [0.15, 0.2) is 53.0 Å². The minimum Gasteiger partial charge on any atom is -0.446 e. The Labute approximate surface area is 144 Å². The summed E-state index contributed by atoms with van der Waals surface area (Å²) in [6.07, 6.45) is 0.677. The molecule has 0 spiro atoms. The average molecular weight is 373 g/mol. The standard InChI is InChI=1S/C18H17BrN2O2/c1-2-17(11-13-6-8-15(19)9-7-13)23-18(22)21-16-5-3-4-14(10-16)12-20/h3-10,17H,2,11H2,1H3,(H,21,22). The zero-order chi connectivity index (χ0) is 16.7. The van der Waals surface area contributed by atoms with Crippen LogP contribution in [0.3, 0.4) is 0 Å². The third kappa shape index (κ3) is 5.42. The van der Waals surface area contributed by atoms with Crippen molar-refractivity contribution in [2.45, 2.75) is 25.9 Å². The molecule has 0 radical (unpaired) electrons. The van der Waals surface area contributed by atoms with Crippen LogP contribution in [0.1, 0.15) is 24.5 Å². The van der Waals surface area contributed by atoms with Gasteiger partial charge in [-0.25, -0.2) is 4.79 Å². The first kappa shape index (κ1) is 17.0. The number of hydrogen-bond donors (Lipinski definition) is 1. The Morgan fingerprint density at radius 3 is 2.70 bits per heavy atom. The lowest BCUT2D eigenvalue weighted by molar-refractivity contribution is 0.108. The second kappa shape index (κ2) is 8.35. The number of carbonyl (C=O) groups excluding carboxylic acids is 1. The van der Waals surface area contributed by atoms with Crippen LogP contribution in [0.5, 0.6) is 0 Å². The van der Waals surface area contributed by atoms with Crippen LogP contribution in [-0.4, -0.2) is 12.2 Å². The van der Waals surface area contributed by atoms with Crippen molar-refractivity contribution in [3.8, 4) is 6.07 Å². The fraction of sp³-hybridized carbons (Fsp3) is 0.222. The number of benzene rings is 2. The highest BCUT2D eigenvalue weighted by Crippen LogP contribution is 2.15. The largest absolute Gasteiger partial charge is 0.446 e. The predicted molar refractivity (Wildman–Crippen MR) is 93.2 cm³/mol. The molecule has 0 aliphatic carbocycles. The average Bonchev–Trinajstić information content (AvgIpc) is 2.56. The van der Waals surface area contributed by atoms with Gasteiger partial charge in [0.2, 0.25) is 0 Å². The summed E-state index contributed by atoms with van der Waals surface area (Å²) < 4.78 is 6.49. The second-order valence-electron chi connectivity index (χ2n) is 5.08. The van der Waals surface area contributed by atoms with E-state index in [4.69, 9.17) is 10.00 Å². The maximum absolute atomic E-state index is 12.0. The molecule has 1 N–H and O–H groups in total. The number of amides is 1. The van der Waals surface area contributed by atoms with Crippen molar-refractivity contribution in [1.82, 2.24) is 0 Å². The van der Waals surface area contributed by atoms with Crippen LogP contribution < -0.4 is 5.32 Å². The first-order valence-corrected chi connectivity index (χ1v) is 8.12. The Kier molecular flexibility index (Phi) is 6.19. The van der Waals surface area contributed by atoms with E-state index in [2.05, 4.69) is 21.2 Å². The fourth-order valence-corrected chi connectivity index (χ4v) is 2.38. The van der Waals surface area contributed by atoms with Gasteiger partial charge >= 0.3 is 6.09 Å². The maximum Gasteiger partial charge on any atom is 0.411 e. The molecule has 23 heavy (non-hydrogen) atoms. The molecular formula is C18H17BrN2O2. The molecule has 2 aromatic rings. The van der Waals surface area contributed by atoms with Crippen molar-refractivity contribution in [2.75, 3.05) is 5.32 Å². The van der Waals surface area contributed by atoms with Gasteiger partial charge in [0.1, 0.15) is 6.10 Å². The lowest BCUT2D eigenvalue weighted by Crippen LogP contribution is -2.23. The fourth-order valence-electron chi connectivity index (χ4n) is 2.12. The van der Waals surface area contributed by atoms with E-state index in [1.54, 1.807) is 24.3 Å². The molecule has 1 atom stereocenters. The van der Waals surface area contributed by atoms with Gasteiger partial charge < -0.3 is 4.74 Å². The van der Waals surface area contributed by atoms with Gasteiger partial charge in [-0.2, -0.15) is 5.26 Å². The summed E-state index contributed by atoms with van der Waals surface area (Å²) in [5, 5.41) is 11.5. The topological polar surface area (TPSA) is 62.1 Å². The van der Waals surface area contributed by atoms with Crippen LogP contribution in [0.4, 0.5) is 10.5 Å². The number of ether oxygens (including phenoxy) is 1. The third-order valence-corrected chi connectivity index (χ3v) is 3.87. The molecular weight excluding hydrogens is 356 g/mol. The van der Waals surface area contributed by atoms with E-state index in [1.165, 1.54) is 0 Å². The monoisotopic (exact) mass is 372 g/mol. The molecule has 0 aliphatic heterocycles. The summed E-state index contributed by atoms with van der Waals surface area (Å²) in [7, 11) is 0. The number of nitrogens with one attached hydrogen (secondary N) is 1. The van der Waals surface area contributed by atoms with Gasteiger partial charge in [-0.15, -0.1) is 0 Å². The van der Waals surface area contributed by atoms with Crippen molar-refractivity contribution < 1.29 is 9.53 Å².